The second kappa shape index (κ2) is 15.0. The highest BCUT2D eigenvalue weighted by molar-refractivity contribution is 5.98. The van der Waals surface area contributed by atoms with E-state index in [1.165, 1.54) is 14.2 Å². The van der Waals surface area contributed by atoms with E-state index >= 15 is 0 Å². The minimum absolute atomic E-state index is 0.0833. The summed E-state index contributed by atoms with van der Waals surface area (Å²) in [6.45, 7) is -0.182. The number of anilines is 1. The maximum Gasteiger partial charge on any atom is 0.491 e. The van der Waals surface area contributed by atoms with E-state index in [1.54, 1.807) is 18.2 Å². The van der Waals surface area contributed by atoms with Gasteiger partial charge < -0.3 is 20.1 Å². The summed E-state index contributed by atoms with van der Waals surface area (Å²) in [6.07, 6.45) is -6.21. The van der Waals surface area contributed by atoms with Crippen LogP contribution in [0.5, 0.6) is 11.5 Å². The minimum Gasteiger partial charge on any atom is -0.493 e. The molecule has 0 radical (unpaired) electrons. The van der Waals surface area contributed by atoms with Crippen LogP contribution in [0.3, 0.4) is 0 Å². The number of benzene rings is 2. The van der Waals surface area contributed by atoms with Crippen LogP contribution in [0.1, 0.15) is 49.7 Å². The van der Waals surface area contributed by atoms with Crippen LogP contribution < -0.4 is 30.3 Å². The Kier molecular flexibility index (Phi) is 11.7. The Labute approximate surface area is 250 Å². The largest absolute Gasteiger partial charge is 0.493 e. The lowest BCUT2D eigenvalue weighted by molar-refractivity contribution is -0.226. The van der Waals surface area contributed by atoms with Crippen molar-refractivity contribution in [3.63, 3.8) is 0 Å². The molecule has 0 aromatic heterocycles. The molecule has 242 valence electrons. The van der Waals surface area contributed by atoms with Crippen LogP contribution >= 0.6 is 0 Å². The number of amides is 2. The molecule has 2 aromatic rings. The number of methoxy groups -OCH3 is 2. The summed E-state index contributed by atoms with van der Waals surface area (Å²) in [5.41, 5.74) is -0.251. The number of halogens is 6. The summed E-state index contributed by atoms with van der Waals surface area (Å²) in [4.78, 5) is 24.2. The van der Waals surface area contributed by atoms with Crippen molar-refractivity contribution in [3.05, 3.63) is 53.6 Å². The van der Waals surface area contributed by atoms with Gasteiger partial charge in [0.15, 0.2) is 17.5 Å². The third-order valence-corrected chi connectivity index (χ3v) is 7.17. The van der Waals surface area contributed by atoms with Crippen molar-refractivity contribution in [2.24, 2.45) is 5.92 Å². The molecule has 1 aliphatic carbocycles. The highest BCUT2D eigenvalue weighted by atomic mass is 19.4. The number of nitrogens with one attached hydrogen (secondary N) is 4. The van der Waals surface area contributed by atoms with E-state index in [0.29, 0.717) is 35.6 Å². The van der Waals surface area contributed by atoms with E-state index in [4.69, 9.17) is 14.9 Å². The predicted octanol–water partition coefficient (Wildman–Crippen LogP) is 5.39. The number of guanidine groups is 1. The Hall–Kier alpha value is -4.17. The molecule has 3 rings (SSSR count). The molecule has 2 amide bonds. The molecule has 0 aliphatic heterocycles. The van der Waals surface area contributed by atoms with Crippen LogP contribution in [0, 0.1) is 11.3 Å². The Morgan fingerprint density at radius 2 is 1.50 bits per heavy atom. The minimum atomic E-state index is -5.67. The van der Waals surface area contributed by atoms with Gasteiger partial charge in [0.2, 0.25) is 11.8 Å². The SMILES string of the molecule is COc1ccc(CC(=O)NC(=N)N[C@H](CC2CCCCC2)C(=O)NCc2ccc(N(C(F)(F)F)C(F)(F)F)cc2)cc1OC. The van der Waals surface area contributed by atoms with Crippen molar-refractivity contribution in [1.82, 2.24) is 16.0 Å². The molecular formula is C29H35F6N5O4. The lowest BCUT2D eigenvalue weighted by Gasteiger charge is -2.28. The molecule has 0 heterocycles. The van der Waals surface area contributed by atoms with Crippen molar-refractivity contribution in [3.8, 4) is 11.5 Å². The highest BCUT2D eigenvalue weighted by Crippen LogP contribution is 2.38. The maximum atomic E-state index is 13.2. The number of ether oxygens (including phenoxy) is 2. The van der Waals surface area contributed by atoms with Gasteiger partial charge in [0.05, 0.1) is 26.3 Å². The van der Waals surface area contributed by atoms with Crippen molar-refractivity contribution < 1.29 is 45.4 Å². The fourth-order valence-corrected chi connectivity index (χ4v) is 5.07. The van der Waals surface area contributed by atoms with Gasteiger partial charge in [0, 0.05) is 6.54 Å². The molecule has 0 saturated heterocycles. The number of carbonyl (C=O) groups is 2. The standard InChI is InChI=1S/C29H35F6N5O4/c1-43-23-13-10-20(15-24(23)44-2)16-25(41)39-27(36)38-22(14-18-6-4-3-5-7-18)26(42)37-17-19-8-11-21(12-9-19)40(28(30,31)32)29(33,34)35/h8-13,15,18,22H,3-7,14,16-17H2,1-2H3,(H,37,42)(H3,36,38,39,41)/t22-/m1/s1. The summed E-state index contributed by atoms with van der Waals surface area (Å²) in [5, 5.41) is 16.1. The van der Waals surface area contributed by atoms with Crippen molar-refractivity contribution in [1.29, 1.82) is 5.41 Å². The van der Waals surface area contributed by atoms with Crippen molar-refractivity contribution >= 4 is 23.5 Å². The average Bonchev–Trinajstić information content (AvgIpc) is 2.95. The van der Waals surface area contributed by atoms with Gasteiger partial charge >= 0.3 is 12.6 Å². The first-order chi connectivity index (χ1) is 20.7. The van der Waals surface area contributed by atoms with Crippen LogP contribution in [0.15, 0.2) is 42.5 Å². The predicted molar refractivity (Wildman–Crippen MR) is 150 cm³/mol. The summed E-state index contributed by atoms with van der Waals surface area (Å²) in [6, 6.07) is 7.48. The van der Waals surface area contributed by atoms with Crippen LogP contribution in [0.4, 0.5) is 32.0 Å². The number of nitrogens with zero attached hydrogens (tertiary/aromatic N) is 1. The summed E-state index contributed by atoms with van der Waals surface area (Å²) in [5.74, 6) is -0.331. The second-order valence-corrected chi connectivity index (χ2v) is 10.4. The van der Waals surface area contributed by atoms with Gasteiger partial charge in [0.25, 0.3) is 0 Å². The van der Waals surface area contributed by atoms with E-state index in [1.807, 2.05) is 0 Å². The van der Waals surface area contributed by atoms with Gasteiger partial charge in [-0.05, 0) is 47.7 Å². The Morgan fingerprint density at radius 3 is 2.07 bits per heavy atom. The molecule has 0 spiro atoms. The van der Waals surface area contributed by atoms with E-state index in [-0.39, 0.29) is 24.4 Å². The van der Waals surface area contributed by atoms with E-state index in [0.717, 1.165) is 44.2 Å². The molecule has 0 bridgehead atoms. The summed E-state index contributed by atoms with van der Waals surface area (Å²) < 4.78 is 88.3. The number of alkyl halides is 6. The van der Waals surface area contributed by atoms with E-state index in [9.17, 15) is 35.9 Å². The monoisotopic (exact) mass is 631 g/mol. The molecule has 1 aliphatic rings. The number of carbonyl (C=O) groups excluding carboxylic acids is 2. The fourth-order valence-electron chi connectivity index (χ4n) is 5.07. The third kappa shape index (κ3) is 9.95. The lowest BCUT2D eigenvalue weighted by Crippen LogP contribution is -2.52. The first-order valence-electron chi connectivity index (χ1n) is 13.9. The molecule has 44 heavy (non-hydrogen) atoms. The van der Waals surface area contributed by atoms with Gasteiger partial charge in [-0.25, -0.2) is 0 Å². The molecule has 1 saturated carbocycles. The second-order valence-electron chi connectivity index (χ2n) is 10.4. The summed E-state index contributed by atoms with van der Waals surface area (Å²) >= 11 is 0. The lowest BCUT2D eigenvalue weighted by atomic mass is 9.84. The smallest absolute Gasteiger partial charge is 0.491 e. The Bertz CT molecular complexity index is 1270. The van der Waals surface area contributed by atoms with Gasteiger partial charge in [-0.3, -0.25) is 20.3 Å². The van der Waals surface area contributed by atoms with Crippen molar-refractivity contribution in [2.75, 3.05) is 19.1 Å². The molecule has 4 N–H and O–H groups in total. The topological polar surface area (TPSA) is 116 Å². The van der Waals surface area contributed by atoms with Crippen LogP contribution in [-0.2, 0) is 22.6 Å². The van der Waals surface area contributed by atoms with Crippen LogP contribution in [0.2, 0.25) is 0 Å². The van der Waals surface area contributed by atoms with Gasteiger partial charge in [-0.2, -0.15) is 4.90 Å². The molecule has 1 atom stereocenters. The molecule has 9 nitrogen and oxygen atoms in total. The van der Waals surface area contributed by atoms with E-state index < -0.39 is 47.0 Å². The Balaban J connectivity index is 1.63. The highest BCUT2D eigenvalue weighted by Gasteiger charge is 2.53. The number of hydrogen-bond donors (Lipinski definition) is 4. The first-order valence-corrected chi connectivity index (χ1v) is 13.9. The van der Waals surface area contributed by atoms with E-state index in [2.05, 4.69) is 16.0 Å². The summed E-state index contributed by atoms with van der Waals surface area (Å²) in [7, 11) is 2.94. The van der Waals surface area contributed by atoms with Crippen LogP contribution in [-0.4, -0.2) is 50.6 Å². The molecule has 0 unspecified atom stereocenters. The number of rotatable bonds is 11. The fraction of sp³-hybridized carbons (Fsp3) is 0.483. The number of hydrogen-bond acceptors (Lipinski definition) is 6. The quantitative estimate of drug-likeness (QED) is 0.115. The first kappa shape index (κ1) is 34.3. The normalized spacial score (nSPS) is 14.7. The average molecular weight is 632 g/mol. The maximum absolute atomic E-state index is 13.2. The molecule has 15 heteroatoms. The molecular weight excluding hydrogens is 596 g/mol. The van der Waals surface area contributed by atoms with Gasteiger partial charge in [-0.1, -0.05) is 50.3 Å². The Morgan fingerprint density at radius 1 is 0.909 bits per heavy atom. The third-order valence-electron chi connectivity index (χ3n) is 7.17. The van der Waals surface area contributed by atoms with Gasteiger partial charge in [0.1, 0.15) is 6.04 Å². The molecule has 1 fully saturated rings. The molecule has 2 aromatic carbocycles. The zero-order valence-corrected chi connectivity index (χ0v) is 24.2. The van der Waals surface area contributed by atoms with Crippen molar-refractivity contribution in [2.45, 2.75) is 70.1 Å². The van der Waals surface area contributed by atoms with Gasteiger partial charge in [-0.15, -0.1) is 26.3 Å². The van der Waals surface area contributed by atoms with Crippen LogP contribution in [0.25, 0.3) is 0 Å². The zero-order chi connectivity index (χ0) is 32.5. The zero-order valence-electron chi connectivity index (χ0n) is 24.2.